The summed E-state index contributed by atoms with van der Waals surface area (Å²) in [7, 11) is 0. The van der Waals surface area contributed by atoms with Crippen molar-refractivity contribution >= 4 is 17.6 Å². The number of ether oxygens (including phenoxy) is 1. The minimum atomic E-state index is -0.493. The molecule has 3 nitrogen and oxygen atoms in total. The Kier molecular flexibility index (Phi) is 5.55. The van der Waals surface area contributed by atoms with Gasteiger partial charge in [-0.3, -0.25) is 4.79 Å². The molecule has 0 aliphatic carbocycles. The molecular weight excluding hydrogens is 396 g/mol. The number of halogens is 1. The third-order valence-corrected chi connectivity index (χ3v) is 5.18. The van der Waals surface area contributed by atoms with E-state index in [1.54, 1.807) is 0 Å². The Morgan fingerprint density at radius 2 is 1.10 bits per heavy atom. The topological polar surface area (TPSA) is 46.5 Å². The van der Waals surface area contributed by atoms with E-state index < -0.39 is 5.97 Å². The average Bonchev–Trinajstić information content (AvgIpc) is 2.75. The van der Waals surface area contributed by atoms with Gasteiger partial charge in [-0.25, -0.2) is 0 Å². The van der Waals surface area contributed by atoms with Gasteiger partial charge in [0.05, 0.1) is 10.6 Å². The fourth-order valence-electron chi connectivity index (χ4n) is 3.54. The number of rotatable bonds is 4. The zero-order valence-electron chi connectivity index (χ0n) is 16.3. The predicted octanol–water partition coefficient (Wildman–Crippen LogP) is 6.97. The number of carbonyl (C=O) groups excluding carboxylic acids is 1. The summed E-state index contributed by atoms with van der Waals surface area (Å²) in [5.41, 5.74) is 3.75. The number of esters is 1. The lowest BCUT2D eigenvalue weighted by molar-refractivity contribution is -0.131. The summed E-state index contributed by atoms with van der Waals surface area (Å²) in [6.07, 6.45) is 0. The van der Waals surface area contributed by atoms with E-state index in [2.05, 4.69) is 0 Å². The van der Waals surface area contributed by atoms with Crippen molar-refractivity contribution in [3.05, 3.63) is 96.0 Å². The molecule has 4 heteroatoms. The van der Waals surface area contributed by atoms with E-state index in [0.717, 1.165) is 16.7 Å². The summed E-state index contributed by atoms with van der Waals surface area (Å²) in [4.78, 5) is 12.0. The van der Waals surface area contributed by atoms with Crippen molar-refractivity contribution in [2.75, 3.05) is 0 Å². The Labute approximate surface area is 180 Å². The third-order valence-electron chi connectivity index (χ3n) is 4.80. The second kappa shape index (κ2) is 8.44. The number of aromatic hydroxyl groups is 1. The Balaban J connectivity index is 2.17. The lowest BCUT2D eigenvalue weighted by atomic mass is 9.90. The van der Waals surface area contributed by atoms with E-state index in [-0.39, 0.29) is 11.5 Å². The van der Waals surface area contributed by atoms with Crippen LogP contribution in [0.2, 0.25) is 5.02 Å². The minimum absolute atomic E-state index is 0.0340. The highest BCUT2D eigenvalue weighted by molar-refractivity contribution is 6.37. The van der Waals surface area contributed by atoms with Gasteiger partial charge in [-0.1, -0.05) is 103 Å². The monoisotopic (exact) mass is 414 g/mol. The van der Waals surface area contributed by atoms with Crippen molar-refractivity contribution in [3.63, 3.8) is 0 Å². The average molecular weight is 415 g/mol. The highest BCUT2D eigenvalue weighted by Gasteiger charge is 2.27. The van der Waals surface area contributed by atoms with Crippen LogP contribution >= 0.6 is 11.6 Å². The quantitative estimate of drug-likeness (QED) is 0.289. The molecule has 0 aromatic heterocycles. The first kappa shape index (κ1) is 19.7. The van der Waals surface area contributed by atoms with Gasteiger partial charge in [-0.05, 0) is 16.7 Å². The van der Waals surface area contributed by atoms with Gasteiger partial charge in [0.15, 0.2) is 5.75 Å². The van der Waals surface area contributed by atoms with E-state index in [4.69, 9.17) is 16.3 Å². The first-order chi connectivity index (χ1) is 14.6. The summed E-state index contributed by atoms with van der Waals surface area (Å²) in [5.74, 6) is -0.289. The molecule has 4 rings (SSSR count). The van der Waals surface area contributed by atoms with Crippen molar-refractivity contribution in [2.45, 2.75) is 6.92 Å². The fraction of sp³-hybridized carbons (Fsp3) is 0.0385. The minimum Gasteiger partial charge on any atom is -0.506 e. The normalized spacial score (nSPS) is 10.6. The van der Waals surface area contributed by atoms with E-state index in [9.17, 15) is 9.90 Å². The zero-order chi connectivity index (χ0) is 21.1. The van der Waals surface area contributed by atoms with Crippen molar-refractivity contribution in [1.82, 2.24) is 0 Å². The molecule has 0 atom stereocenters. The van der Waals surface area contributed by atoms with Gasteiger partial charge in [0.2, 0.25) is 0 Å². The maximum absolute atomic E-state index is 12.0. The maximum Gasteiger partial charge on any atom is 0.308 e. The standard InChI is InChI=1S/C26H19ClO3/c1-17(28)30-26-22(19-13-7-3-8-14-19)24(27)21(18-11-5-2-6-12-18)25(29)23(26)20-15-9-4-10-16-20/h2-16,29H,1H3. The van der Waals surface area contributed by atoms with Gasteiger partial charge in [0.25, 0.3) is 0 Å². The van der Waals surface area contributed by atoms with E-state index in [0.29, 0.717) is 21.7 Å². The van der Waals surface area contributed by atoms with Crippen molar-refractivity contribution in [3.8, 4) is 44.9 Å². The first-order valence-electron chi connectivity index (χ1n) is 9.51. The summed E-state index contributed by atoms with van der Waals surface area (Å²) in [6.45, 7) is 1.33. The fourth-order valence-corrected chi connectivity index (χ4v) is 3.93. The Morgan fingerprint density at radius 1 is 0.700 bits per heavy atom. The Hall–Kier alpha value is -3.56. The summed E-state index contributed by atoms with van der Waals surface area (Å²) < 4.78 is 5.65. The molecule has 0 radical (unpaired) electrons. The molecular formula is C26H19ClO3. The van der Waals surface area contributed by atoms with Crippen LogP contribution in [0.15, 0.2) is 91.0 Å². The van der Waals surface area contributed by atoms with Gasteiger partial charge >= 0.3 is 5.97 Å². The highest BCUT2D eigenvalue weighted by atomic mass is 35.5. The number of phenolic OH excluding ortho intramolecular Hbond substituents is 1. The van der Waals surface area contributed by atoms with E-state index >= 15 is 0 Å². The van der Waals surface area contributed by atoms with Gasteiger partial charge in [0, 0.05) is 18.1 Å². The zero-order valence-corrected chi connectivity index (χ0v) is 17.1. The Morgan fingerprint density at radius 3 is 1.53 bits per heavy atom. The number of hydrogen-bond acceptors (Lipinski definition) is 3. The third kappa shape index (κ3) is 3.68. The van der Waals surface area contributed by atoms with E-state index in [1.807, 2.05) is 91.0 Å². The van der Waals surface area contributed by atoms with Gasteiger partial charge in [-0.15, -0.1) is 0 Å². The largest absolute Gasteiger partial charge is 0.506 e. The molecule has 0 spiro atoms. The molecule has 4 aromatic carbocycles. The molecule has 30 heavy (non-hydrogen) atoms. The van der Waals surface area contributed by atoms with E-state index in [1.165, 1.54) is 6.92 Å². The molecule has 0 aliphatic rings. The van der Waals surface area contributed by atoms with Crippen LogP contribution in [0.25, 0.3) is 33.4 Å². The van der Waals surface area contributed by atoms with Crippen LogP contribution in [0, 0.1) is 0 Å². The van der Waals surface area contributed by atoms with Gasteiger partial charge in [0.1, 0.15) is 5.75 Å². The van der Waals surface area contributed by atoms with Crippen LogP contribution in [0.3, 0.4) is 0 Å². The number of benzene rings is 4. The smallest absolute Gasteiger partial charge is 0.308 e. The second-order valence-corrected chi connectivity index (χ2v) is 7.19. The molecule has 0 bridgehead atoms. The second-order valence-electron chi connectivity index (χ2n) is 6.81. The van der Waals surface area contributed by atoms with Crippen molar-refractivity contribution < 1.29 is 14.6 Å². The van der Waals surface area contributed by atoms with Crippen molar-refractivity contribution in [1.29, 1.82) is 0 Å². The Bertz CT molecular complexity index is 1120. The molecule has 0 aliphatic heterocycles. The lowest BCUT2D eigenvalue weighted by Crippen LogP contribution is -2.06. The van der Waals surface area contributed by atoms with Crippen LogP contribution in [0.4, 0.5) is 0 Å². The molecule has 0 heterocycles. The SMILES string of the molecule is CC(=O)Oc1c(-c2ccccc2)c(O)c(-c2ccccc2)c(Cl)c1-c1ccccc1. The highest BCUT2D eigenvalue weighted by Crippen LogP contribution is 2.54. The van der Waals surface area contributed by atoms with Gasteiger partial charge < -0.3 is 9.84 Å². The number of hydrogen-bond donors (Lipinski definition) is 1. The lowest BCUT2D eigenvalue weighted by Gasteiger charge is -2.21. The van der Waals surface area contributed by atoms with Crippen LogP contribution in [0.5, 0.6) is 11.5 Å². The summed E-state index contributed by atoms with van der Waals surface area (Å²) in [5, 5.41) is 11.7. The number of phenols is 1. The van der Waals surface area contributed by atoms with Crippen molar-refractivity contribution in [2.24, 2.45) is 0 Å². The summed E-state index contributed by atoms with van der Waals surface area (Å²) in [6, 6.07) is 28.3. The van der Waals surface area contributed by atoms with Crippen LogP contribution in [-0.2, 0) is 4.79 Å². The molecule has 0 unspecified atom stereocenters. The molecule has 0 fully saturated rings. The maximum atomic E-state index is 12.0. The van der Waals surface area contributed by atoms with Crippen LogP contribution < -0.4 is 4.74 Å². The molecule has 4 aromatic rings. The molecule has 0 amide bonds. The molecule has 0 saturated carbocycles. The van der Waals surface area contributed by atoms with Gasteiger partial charge in [-0.2, -0.15) is 0 Å². The first-order valence-corrected chi connectivity index (χ1v) is 9.88. The van der Waals surface area contributed by atoms with Crippen LogP contribution in [-0.4, -0.2) is 11.1 Å². The number of carbonyl (C=O) groups is 1. The molecule has 148 valence electrons. The summed E-state index contributed by atoms with van der Waals surface area (Å²) >= 11 is 6.88. The predicted molar refractivity (Wildman–Crippen MR) is 121 cm³/mol. The van der Waals surface area contributed by atoms with Crippen LogP contribution in [0.1, 0.15) is 6.92 Å². The molecule has 0 saturated heterocycles. The molecule has 1 N–H and O–H groups in total.